The summed E-state index contributed by atoms with van der Waals surface area (Å²) in [6, 6.07) is 8.04. The second kappa shape index (κ2) is 7.94. The lowest BCUT2D eigenvalue weighted by Gasteiger charge is -2.05. The number of hydrogen-bond donors (Lipinski definition) is 0. The highest BCUT2D eigenvalue weighted by Gasteiger charge is 1.94. The summed E-state index contributed by atoms with van der Waals surface area (Å²) < 4.78 is 10.8. The number of ether oxygens (including phenoxy) is 2. The third-order valence-corrected chi connectivity index (χ3v) is 2.23. The normalized spacial score (nSPS) is 10.9. The van der Waals surface area contributed by atoms with Crippen LogP contribution in [0.15, 0.2) is 36.4 Å². The van der Waals surface area contributed by atoms with Gasteiger partial charge in [-0.3, -0.25) is 0 Å². The number of para-hydroxylation sites is 1. The van der Waals surface area contributed by atoms with Gasteiger partial charge in [-0.1, -0.05) is 30.4 Å². The largest absolute Gasteiger partial charge is 0.489 e. The first-order chi connectivity index (χ1) is 7.84. The van der Waals surface area contributed by atoms with Gasteiger partial charge in [0.15, 0.2) is 0 Å². The molecule has 0 bridgehead atoms. The second-order valence-corrected chi connectivity index (χ2v) is 3.53. The van der Waals surface area contributed by atoms with E-state index in [4.69, 9.17) is 9.47 Å². The van der Waals surface area contributed by atoms with E-state index in [2.05, 4.69) is 6.08 Å². The van der Waals surface area contributed by atoms with Crippen LogP contribution < -0.4 is 4.74 Å². The fourth-order valence-corrected chi connectivity index (χ4v) is 1.34. The highest BCUT2D eigenvalue weighted by molar-refractivity contribution is 5.31. The van der Waals surface area contributed by atoms with Gasteiger partial charge in [-0.25, -0.2) is 0 Å². The van der Waals surface area contributed by atoms with Gasteiger partial charge in [0.05, 0.1) is 0 Å². The molecule has 88 valence electrons. The van der Waals surface area contributed by atoms with Gasteiger partial charge in [-0.05, 0) is 31.9 Å². The van der Waals surface area contributed by atoms with E-state index >= 15 is 0 Å². The van der Waals surface area contributed by atoms with Crippen LogP contribution in [0.3, 0.4) is 0 Å². The summed E-state index contributed by atoms with van der Waals surface area (Å²) in [4.78, 5) is 0. The van der Waals surface area contributed by atoms with E-state index in [0.29, 0.717) is 6.61 Å². The first-order valence-corrected chi connectivity index (χ1v) is 5.75. The maximum Gasteiger partial charge on any atom is 0.122 e. The summed E-state index contributed by atoms with van der Waals surface area (Å²) in [7, 11) is 0. The highest BCUT2D eigenvalue weighted by Crippen LogP contribution is 2.15. The van der Waals surface area contributed by atoms with Crippen LogP contribution in [0.2, 0.25) is 0 Å². The van der Waals surface area contributed by atoms with Crippen molar-refractivity contribution in [3.63, 3.8) is 0 Å². The van der Waals surface area contributed by atoms with Crippen LogP contribution in [-0.2, 0) is 4.74 Å². The van der Waals surface area contributed by atoms with E-state index in [-0.39, 0.29) is 0 Å². The van der Waals surface area contributed by atoms with Gasteiger partial charge in [0.25, 0.3) is 0 Å². The van der Waals surface area contributed by atoms with E-state index in [1.165, 1.54) is 5.56 Å². The van der Waals surface area contributed by atoms with Crippen LogP contribution in [0.5, 0.6) is 5.75 Å². The minimum absolute atomic E-state index is 0.622. The molecule has 0 N–H and O–H groups in total. The molecule has 0 heterocycles. The molecule has 0 radical (unpaired) electrons. The van der Waals surface area contributed by atoms with Gasteiger partial charge < -0.3 is 9.47 Å². The third-order valence-electron chi connectivity index (χ3n) is 2.23. The predicted octanol–water partition coefficient (Wildman–Crippen LogP) is 3.36. The van der Waals surface area contributed by atoms with Gasteiger partial charge in [-0.15, -0.1) is 0 Å². The van der Waals surface area contributed by atoms with Crippen LogP contribution in [0.25, 0.3) is 0 Å². The van der Waals surface area contributed by atoms with E-state index < -0.39 is 0 Å². The van der Waals surface area contributed by atoms with Gasteiger partial charge in [-0.2, -0.15) is 0 Å². The topological polar surface area (TPSA) is 18.5 Å². The molecule has 2 heteroatoms. The summed E-state index contributed by atoms with van der Waals surface area (Å²) in [6.45, 7) is 6.25. The summed E-state index contributed by atoms with van der Waals surface area (Å²) in [6.07, 6.45) is 5.07. The van der Waals surface area contributed by atoms with E-state index in [9.17, 15) is 0 Å². The SMILES string of the molecule is CCOCC/C=C/COc1ccccc1C. The fraction of sp³-hybridized carbons (Fsp3) is 0.429. The predicted molar refractivity (Wildman–Crippen MR) is 66.9 cm³/mol. The molecule has 0 amide bonds. The number of benzene rings is 1. The minimum atomic E-state index is 0.622. The van der Waals surface area contributed by atoms with Crippen molar-refractivity contribution >= 4 is 0 Å². The second-order valence-electron chi connectivity index (χ2n) is 3.53. The first kappa shape index (κ1) is 12.8. The molecular formula is C14H20O2. The number of hydrogen-bond acceptors (Lipinski definition) is 2. The molecule has 0 spiro atoms. The van der Waals surface area contributed by atoms with Crippen LogP contribution in [0.1, 0.15) is 18.9 Å². The zero-order chi connectivity index (χ0) is 11.6. The number of rotatable bonds is 7. The van der Waals surface area contributed by atoms with Crippen LogP contribution in [0, 0.1) is 6.92 Å². The Morgan fingerprint density at radius 3 is 2.75 bits per heavy atom. The Morgan fingerprint density at radius 2 is 2.00 bits per heavy atom. The first-order valence-electron chi connectivity index (χ1n) is 5.75. The van der Waals surface area contributed by atoms with Crippen LogP contribution in [-0.4, -0.2) is 19.8 Å². The third kappa shape index (κ3) is 4.99. The van der Waals surface area contributed by atoms with Crippen molar-refractivity contribution in [3.8, 4) is 5.75 Å². The average molecular weight is 220 g/mol. The molecule has 0 aliphatic heterocycles. The van der Waals surface area contributed by atoms with Crippen molar-refractivity contribution in [3.05, 3.63) is 42.0 Å². The smallest absolute Gasteiger partial charge is 0.122 e. The molecular weight excluding hydrogens is 200 g/mol. The molecule has 0 aliphatic rings. The molecule has 0 unspecified atom stereocenters. The Balaban J connectivity index is 2.18. The van der Waals surface area contributed by atoms with E-state index in [0.717, 1.165) is 25.4 Å². The minimum Gasteiger partial charge on any atom is -0.489 e. The van der Waals surface area contributed by atoms with Crippen molar-refractivity contribution in [2.75, 3.05) is 19.8 Å². The molecule has 0 saturated carbocycles. The monoisotopic (exact) mass is 220 g/mol. The van der Waals surface area contributed by atoms with Gasteiger partial charge in [0.1, 0.15) is 12.4 Å². The van der Waals surface area contributed by atoms with Gasteiger partial charge in [0, 0.05) is 13.2 Å². The molecule has 0 fully saturated rings. The Hall–Kier alpha value is -1.28. The molecule has 1 aromatic rings. The van der Waals surface area contributed by atoms with Gasteiger partial charge in [0.2, 0.25) is 0 Å². The van der Waals surface area contributed by atoms with Crippen molar-refractivity contribution < 1.29 is 9.47 Å². The zero-order valence-corrected chi connectivity index (χ0v) is 10.1. The van der Waals surface area contributed by atoms with Crippen molar-refractivity contribution in [2.45, 2.75) is 20.3 Å². The zero-order valence-electron chi connectivity index (χ0n) is 10.1. The quantitative estimate of drug-likeness (QED) is 0.518. The molecule has 16 heavy (non-hydrogen) atoms. The average Bonchev–Trinajstić information content (AvgIpc) is 2.30. The molecule has 0 aromatic heterocycles. The van der Waals surface area contributed by atoms with Crippen LogP contribution >= 0.6 is 0 Å². The lowest BCUT2D eigenvalue weighted by molar-refractivity contribution is 0.152. The standard InChI is InChI=1S/C14H20O2/c1-3-15-11-7-4-8-12-16-14-10-6-5-9-13(14)2/h4-6,8-10H,3,7,11-12H2,1-2H3/b8-4+. The summed E-state index contributed by atoms with van der Waals surface area (Å²) in [5, 5.41) is 0. The van der Waals surface area contributed by atoms with Crippen molar-refractivity contribution in [2.24, 2.45) is 0 Å². The van der Waals surface area contributed by atoms with Crippen molar-refractivity contribution in [1.29, 1.82) is 0 Å². The molecule has 0 saturated heterocycles. The Labute approximate surface area is 97.9 Å². The molecule has 0 atom stereocenters. The Morgan fingerprint density at radius 1 is 1.19 bits per heavy atom. The maximum atomic E-state index is 5.62. The summed E-state index contributed by atoms with van der Waals surface area (Å²) in [5.74, 6) is 0.956. The molecule has 0 aliphatic carbocycles. The van der Waals surface area contributed by atoms with Crippen LogP contribution in [0.4, 0.5) is 0 Å². The molecule has 1 aromatic carbocycles. The van der Waals surface area contributed by atoms with E-state index in [1.807, 2.05) is 44.2 Å². The summed E-state index contributed by atoms with van der Waals surface area (Å²) in [5.41, 5.74) is 1.17. The van der Waals surface area contributed by atoms with Gasteiger partial charge >= 0.3 is 0 Å². The maximum absolute atomic E-state index is 5.62. The number of aryl methyl sites for hydroxylation is 1. The Kier molecular flexibility index (Phi) is 6.35. The molecule has 2 nitrogen and oxygen atoms in total. The highest BCUT2D eigenvalue weighted by atomic mass is 16.5. The Bertz CT molecular complexity index is 318. The van der Waals surface area contributed by atoms with E-state index in [1.54, 1.807) is 0 Å². The lowest BCUT2D eigenvalue weighted by atomic mass is 10.2. The lowest BCUT2D eigenvalue weighted by Crippen LogP contribution is -1.96. The fourth-order valence-electron chi connectivity index (χ4n) is 1.34. The van der Waals surface area contributed by atoms with Crippen molar-refractivity contribution in [1.82, 2.24) is 0 Å². The summed E-state index contributed by atoms with van der Waals surface area (Å²) >= 11 is 0. The molecule has 1 rings (SSSR count).